The second kappa shape index (κ2) is 7.41. The van der Waals surface area contributed by atoms with Gasteiger partial charge in [-0.2, -0.15) is 0 Å². The van der Waals surface area contributed by atoms with E-state index < -0.39 is 0 Å². The fourth-order valence-electron chi connectivity index (χ4n) is 1.52. The predicted molar refractivity (Wildman–Crippen MR) is 89.5 cm³/mol. The average molecular weight is 308 g/mol. The van der Waals surface area contributed by atoms with Crippen LogP contribution in [0.1, 0.15) is 33.3 Å². The van der Waals surface area contributed by atoms with Crippen molar-refractivity contribution in [3.05, 3.63) is 29.8 Å². The van der Waals surface area contributed by atoms with Crippen LogP contribution in [0.3, 0.4) is 0 Å². The molecule has 1 amide bonds. The zero-order valence-corrected chi connectivity index (χ0v) is 13.9. The first-order valence-electron chi connectivity index (χ1n) is 7.02. The molecule has 0 atom stereocenters. The Morgan fingerprint density at radius 2 is 2.00 bits per heavy atom. The van der Waals surface area contributed by atoms with Crippen LogP contribution in [0.2, 0.25) is 0 Å². The zero-order chi connectivity index (χ0) is 16.0. The molecule has 0 heterocycles. The van der Waals surface area contributed by atoms with Gasteiger partial charge < -0.3 is 15.8 Å². The molecule has 1 rings (SSSR count). The third kappa shape index (κ3) is 5.34. The van der Waals surface area contributed by atoms with Gasteiger partial charge in [-0.1, -0.05) is 52.0 Å². The van der Waals surface area contributed by atoms with Crippen LogP contribution in [-0.4, -0.2) is 24.0 Å². The van der Waals surface area contributed by atoms with Crippen molar-refractivity contribution in [3.8, 4) is 5.75 Å². The van der Waals surface area contributed by atoms with Crippen LogP contribution in [-0.2, 0) is 4.79 Å². The maximum Gasteiger partial charge on any atom is 0.257 e. The quantitative estimate of drug-likeness (QED) is 0.760. The van der Waals surface area contributed by atoms with E-state index in [2.05, 4.69) is 33.0 Å². The summed E-state index contributed by atoms with van der Waals surface area (Å²) >= 11 is 4.96. The van der Waals surface area contributed by atoms with Gasteiger partial charge >= 0.3 is 0 Å². The average Bonchev–Trinajstić information content (AvgIpc) is 2.43. The first-order chi connectivity index (χ1) is 9.74. The highest BCUT2D eigenvalue weighted by molar-refractivity contribution is 7.80. The van der Waals surface area contributed by atoms with Gasteiger partial charge in [0.15, 0.2) is 6.61 Å². The normalized spacial score (nSPS) is 11.3. The van der Waals surface area contributed by atoms with Crippen LogP contribution in [0.15, 0.2) is 24.3 Å². The minimum atomic E-state index is -0.151. The molecule has 0 aromatic heterocycles. The Morgan fingerprint density at radius 1 is 1.38 bits per heavy atom. The van der Waals surface area contributed by atoms with Crippen LogP contribution >= 0.6 is 12.2 Å². The summed E-state index contributed by atoms with van der Waals surface area (Å²) in [4.78, 5) is 12.1. The lowest BCUT2D eigenvalue weighted by Gasteiger charge is -2.29. The molecule has 0 saturated heterocycles. The summed E-state index contributed by atoms with van der Waals surface area (Å²) in [5.74, 6) is 0.860. The highest BCUT2D eigenvalue weighted by Gasteiger charge is 2.22. The number of benzene rings is 1. The summed E-state index contributed by atoms with van der Waals surface area (Å²) in [5, 5.41) is 2.90. The van der Waals surface area contributed by atoms with Crippen molar-refractivity contribution in [2.75, 3.05) is 13.2 Å². The molecular formula is C16H24N2O2S. The summed E-state index contributed by atoms with van der Waals surface area (Å²) < 4.78 is 5.51. The Morgan fingerprint density at radius 3 is 2.57 bits per heavy atom. The number of nitrogens with two attached hydrogens (primary N) is 1. The van der Waals surface area contributed by atoms with Crippen LogP contribution in [0.4, 0.5) is 0 Å². The standard InChI is InChI=1S/C16H24N2O2S/c1-11(2)16(3,4)10-18-14(19)9-20-13-8-6-5-7-12(13)15(17)21/h5-8,11H,9-10H2,1-4H3,(H2,17,21)(H,18,19). The Bertz CT molecular complexity index is 513. The first-order valence-corrected chi connectivity index (χ1v) is 7.43. The van der Waals surface area contributed by atoms with E-state index in [4.69, 9.17) is 22.7 Å². The molecule has 0 unspecified atom stereocenters. The first kappa shape index (κ1) is 17.4. The van der Waals surface area contributed by atoms with Crippen molar-refractivity contribution in [1.29, 1.82) is 0 Å². The lowest BCUT2D eigenvalue weighted by Crippen LogP contribution is -2.39. The number of amides is 1. The van der Waals surface area contributed by atoms with Crippen molar-refractivity contribution in [1.82, 2.24) is 5.32 Å². The van der Waals surface area contributed by atoms with Gasteiger partial charge in [-0.15, -0.1) is 0 Å². The number of hydrogen-bond acceptors (Lipinski definition) is 3. The predicted octanol–water partition coefficient (Wildman–Crippen LogP) is 2.50. The van der Waals surface area contributed by atoms with Gasteiger partial charge in [-0.05, 0) is 23.5 Å². The van der Waals surface area contributed by atoms with Gasteiger partial charge in [-0.3, -0.25) is 4.79 Å². The third-order valence-corrected chi connectivity index (χ3v) is 4.04. The maximum atomic E-state index is 11.9. The molecule has 1 aromatic carbocycles. The van der Waals surface area contributed by atoms with Crippen LogP contribution in [0.5, 0.6) is 5.75 Å². The van der Waals surface area contributed by atoms with Crippen molar-refractivity contribution in [2.24, 2.45) is 17.1 Å². The van der Waals surface area contributed by atoms with Crippen LogP contribution < -0.4 is 15.8 Å². The molecule has 0 fully saturated rings. The third-order valence-electron chi connectivity index (χ3n) is 3.82. The van der Waals surface area contributed by atoms with Gasteiger partial charge in [0.05, 0.1) is 5.56 Å². The summed E-state index contributed by atoms with van der Waals surface area (Å²) in [6.07, 6.45) is 0. The van der Waals surface area contributed by atoms with Gasteiger partial charge in [0, 0.05) is 6.54 Å². The van der Waals surface area contributed by atoms with Crippen LogP contribution in [0, 0.1) is 11.3 Å². The van der Waals surface area contributed by atoms with E-state index in [0.717, 1.165) is 0 Å². The SMILES string of the molecule is CC(C)C(C)(C)CNC(=O)COc1ccccc1C(N)=S. The van der Waals surface area contributed by atoms with E-state index in [-0.39, 0.29) is 22.9 Å². The minimum absolute atomic E-state index is 0.0478. The number of ether oxygens (including phenoxy) is 1. The molecule has 0 aliphatic heterocycles. The molecule has 4 nitrogen and oxygen atoms in total. The zero-order valence-electron chi connectivity index (χ0n) is 13.1. The topological polar surface area (TPSA) is 64.3 Å². The van der Waals surface area contributed by atoms with Gasteiger partial charge in [-0.25, -0.2) is 0 Å². The number of carbonyl (C=O) groups is 1. The molecule has 0 spiro atoms. The molecule has 21 heavy (non-hydrogen) atoms. The molecule has 0 radical (unpaired) electrons. The largest absolute Gasteiger partial charge is 0.483 e. The molecule has 3 N–H and O–H groups in total. The lowest BCUT2D eigenvalue weighted by molar-refractivity contribution is -0.123. The monoisotopic (exact) mass is 308 g/mol. The van der Waals surface area contributed by atoms with Gasteiger partial charge in [0.1, 0.15) is 10.7 Å². The highest BCUT2D eigenvalue weighted by atomic mass is 32.1. The molecule has 116 valence electrons. The van der Waals surface area contributed by atoms with E-state index in [1.54, 1.807) is 12.1 Å². The molecule has 5 heteroatoms. The molecule has 0 aliphatic carbocycles. The summed E-state index contributed by atoms with van der Waals surface area (Å²) in [7, 11) is 0. The molecule has 0 bridgehead atoms. The molecule has 0 aliphatic rings. The van der Waals surface area contributed by atoms with E-state index in [9.17, 15) is 4.79 Å². The number of hydrogen-bond donors (Lipinski definition) is 2. The number of nitrogens with one attached hydrogen (secondary N) is 1. The Kier molecular flexibility index (Phi) is 6.15. The number of para-hydroxylation sites is 1. The number of rotatable bonds is 7. The second-order valence-corrected chi connectivity index (χ2v) is 6.51. The van der Waals surface area contributed by atoms with Gasteiger partial charge in [0.25, 0.3) is 5.91 Å². The van der Waals surface area contributed by atoms with E-state index >= 15 is 0 Å². The van der Waals surface area contributed by atoms with Crippen LogP contribution in [0.25, 0.3) is 0 Å². The van der Waals surface area contributed by atoms with Gasteiger partial charge in [0.2, 0.25) is 0 Å². The summed E-state index contributed by atoms with van der Waals surface area (Å²) in [6, 6.07) is 7.17. The Labute approximate surface area is 132 Å². The molecule has 0 saturated carbocycles. The molecular weight excluding hydrogens is 284 g/mol. The molecule has 1 aromatic rings. The minimum Gasteiger partial charge on any atom is -0.483 e. The smallest absolute Gasteiger partial charge is 0.257 e. The van der Waals surface area contributed by atoms with Crippen molar-refractivity contribution in [2.45, 2.75) is 27.7 Å². The number of thiocarbonyl (C=S) groups is 1. The fraction of sp³-hybridized carbons (Fsp3) is 0.500. The number of carbonyl (C=O) groups excluding carboxylic acids is 1. The fourth-order valence-corrected chi connectivity index (χ4v) is 1.69. The highest BCUT2D eigenvalue weighted by Crippen LogP contribution is 2.24. The Balaban J connectivity index is 2.53. The lowest BCUT2D eigenvalue weighted by atomic mass is 9.81. The maximum absolute atomic E-state index is 11.9. The van der Waals surface area contributed by atoms with Crippen molar-refractivity contribution in [3.63, 3.8) is 0 Å². The van der Waals surface area contributed by atoms with E-state index in [1.807, 2.05) is 12.1 Å². The summed E-state index contributed by atoms with van der Waals surface area (Å²) in [5.41, 5.74) is 6.31. The Hall–Kier alpha value is -1.62. The van der Waals surface area contributed by atoms with E-state index in [0.29, 0.717) is 23.8 Å². The van der Waals surface area contributed by atoms with Crippen molar-refractivity contribution < 1.29 is 9.53 Å². The summed E-state index contributed by atoms with van der Waals surface area (Å²) in [6.45, 7) is 9.10. The van der Waals surface area contributed by atoms with E-state index in [1.165, 1.54) is 0 Å². The van der Waals surface area contributed by atoms with Crippen molar-refractivity contribution >= 4 is 23.1 Å². The second-order valence-electron chi connectivity index (χ2n) is 6.07.